The predicted molar refractivity (Wildman–Crippen MR) is 105 cm³/mol. The van der Waals surface area contributed by atoms with Gasteiger partial charge in [0.1, 0.15) is 11.4 Å². The van der Waals surface area contributed by atoms with Crippen LogP contribution in [0, 0.1) is 12.7 Å². The summed E-state index contributed by atoms with van der Waals surface area (Å²) >= 11 is 2.76. The molecule has 2 aromatic carbocycles. The average molecular weight is 399 g/mol. The van der Waals surface area contributed by atoms with E-state index in [4.69, 9.17) is 4.42 Å². The number of amides is 1. The minimum absolute atomic E-state index is 0.259. The molecule has 4 aromatic rings. The number of hydrogen-bond acceptors (Lipinski definition) is 6. The van der Waals surface area contributed by atoms with Gasteiger partial charge in [0.15, 0.2) is 10.1 Å². The molecule has 0 unspecified atom stereocenters. The number of fused-ring (bicyclic) bond motifs is 1. The molecule has 0 atom stereocenters. The van der Waals surface area contributed by atoms with Crippen molar-refractivity contribution in [2.45, 2.75) is 17.0 Å². The number of aromatic nitrogens is 2. The summed E-state index contributed by atoms with van der Waals surface area (Å²) in [5.74, 6) is 0.304. The van der Waals surface area contributed by atoms with E-state index >= 15 is 0 Å². The number of thioether (sulfide) groups is 1. The maximum atomic E-state index is 12.9. The van der Waals surface area contributed by atoms with Gasteiger partial charge in [-0.3, -0.25) is 10.1 Å². The van der Waals surface area contributed by atoms with Gasteiger partial charge in [0, 0.05) is 16.7 Å². The normalized spacial score (nSPS) is 11.0. The largest absolute Gasteiger partial charge is 0.451 e. The third-order valence-corrected chi connectivity index (χ3v) is 6.00. The Kier molecular flexibility index (Phi) is 4.91. The number of furan rings is 1. The molecule has 0 aliphatic carbocycles. The lowest BCUT2D eigenvalue weighted by molar-refractivity contribution is 0.0998. The summed E-state index contributed by atoms with van der Waals surface area (Å²) in [7, 11) is 0. The van der Waals surface area contributed by atoms with Gasteiger partial charge >= 0.3 is 0 Å². The summed E-state index contributed by atoms with van der Waals surface area (Å²) < 4.78 is 19.3. The fourth-order valence-corrected chi connectivity index (χ4v) is 4.29. The molecule has 4 rings (SSSR count). The van der Waals surface area contributed by atoms with E-state index in [9.17, 15) is 9.18 Å². The number of benzene rings is 2. The number of carbonyl (C=O) groups is 1. The van der Waals surface area contributed by atoms with Crippen molar-refractivity contribution in [1.82, 2.24) is 10.2 Å². The molecule has 0 saturated heterocycles. The first-order chi connectivity index (χ1) is 13.1. The van der Waals surface area contributed by atoms with Gasteiger partial charge in [-0.1, -0.05) is 53.4 Å². The molecule has 0 saturated carbocycles. The van der Waals surface area contributed by atoms with Gasteiger partial charge in [0.2, 0.25) is 5.13 Å². The number of nitrogens with zero attached hydrogens (tertiary/aromatic N) is 2. The molecule has 2 heterocycles. The van der Waals surface area contributed by atoms with E-state index in [1.165, 1.54) is 35.2 Å². The molecule has 0 radical (unpaired) electrons. The van der Waals surface area contributed by atoms with Gasteiger partial charge in [-0.05, 0) is 30.7 Å². The van der Waals surface area contributed by atoms with E-state index in [0.29, 0.717) is 16.5 Å². The Hall–Kier alpha value is -2.71. The lowest BCUT2D eigenvalue weighted by Crippen LogP contribution is -2.11. The maximum Gasteiger partial charge on any atom is 0.293 e. The number of halogens is 1. The number of rotatable bonds is 5. The van der Waals surface area contributed by atoms with Crippen LogP contribution in [0.2, 0.25) is 0 Å². The third-order valence-electron chi connectivity index (χ3n) is 3.95. The van der Waals surface area contributed by atoms with Gasteiger partial charge in [0.05, 0.1) is 0 Å². The van der Waals surface area contributed by atoms with E-state index in [0.717, 1.165) is 20.9 Å². The van der Waals surface area contributed by atoms with Crippen molar-refractivity contribution in [1.29, 1.82) is 0 Å². The van der Waals surface area contributed by atoms with E-state index < -0.39 is 0 Å². The quantitative estimate of drug-likeness (QED) is 0.365. The average Bonchev–Trinajstić information content (AvgIpc) is 3.26. The highest BCUT2D eigenvalue weighted by atomic mass is 32.2. The first-order valence-corrected chi connectivity index (χ1v) is 9.90. The van der Waals surface area contributed by atoms with Crippen LogP contribution >= 0.6 is 23.1 Å². The summed E-state index contributed by atoms with van der Waals surface area (Å²) in [6.45, 7) is 1.85. The smallest absolute Gasteiger partial charge is 0.293 e. The standard InChI is InChI=1S/C19H14FN3O2S2/c1-11-14-4-2-3-5-15(14)25-16(11)17(24)21-18-22-23-19(27-18)26-10-12-6-8-13(20)9-7-12/h2-9H,10H2,1H3,(H,21,22,24). The number of para-hydroxylation sites is 1. The van der Waals surface area contributed by atoms with Crippen LogP contribution in [0.25, 0.3) is 11.0 Å². The van der Waals surface area contributed by atoms with E-state index in [2.05, 4.69) is 15.5 Å². The molecule has 27 heavy (non-hydrogen) atoms. The van der Waals surface area contributed by atoms with Crippen molar-refractivity contribution in [2.24, 2.45) is 0 Å². The topological polar surface area (TPSA) is 68.0 Å². The molecule has 136 valence electrons. The van der Waals surface area contributed by atoms with Gasteiger partial charge in [-0.15, -0.1) is 10.2 Å². The van der Waals surface area contributed by atoms with Crippen molar-refractivity contribution >= 4 is 45.1 Å². The maximum absolute atomic E-state index is 12.9. The van der Waals surface area contributed by atoms with Gasteiger partial charge in [0.25, 0.3) is 5.91 Å². The molecule has 0 aliphatic heterocycles. The van der Waals surface area contributed by atoms with E-state index in [1.54, 1.807) is 12.1 Å². The second-order valence-electron chi connectivity index (χ2n) is 5.79. The van der Waals surface area contributed by atoms with Crippen LogP contribution in [0.1, 0.15) is 21.7 Å². The number of aryl methyl sites for hydroxylation is 1. The first kappa shape index (κ1) is 17.7. The molecular weight excluding hydrogens is 385 g/mol. The highest BCUT2D eigenvalue weighted by molar-refractivity contribution is 8.00. The van der Waals surface area contributed by atoms with Crippen molar-refractivity contribution in [3.05, 3.63) is 71.2 Å². The first-order valence-electron chi connectivity index (χ1n) is 8.10. The van der Waals surface area contributed by atoms with Crippen molar-refractivity contribution in [2.75, 3.05) is 5.32 Å². The summed E-state index contributed by atoms with van der Waals surface area (Å²) in [4.78, 5) is 12.5. The van der Waals surface area contributed by atoms with E-state index in [-0.39, 0.29) is 17.5 Å². The Labute approximate surface area is 162 Å². The molecule has 5 nitrogen and oxygen atoms in total. The Morgan fingerprint density at radius 2 is 1.96 bits per heavy atom. The Morgan fingerprint density at radius 1 is 1.19 bits per heavy atom. The molecule has 0 bridgehead atoms. The van der Waals surface area contributed by atoms with Crippen LogP contribution in [0.3, 0.4) is 0 Å². The monoisotopic (exact) mass is 399 g/mol. The third kappa shape index (κ3) is 3.86. The molecule has 1 amide bonds. The highest BCUT2D eigenvalue weighted by Gasteiger charge is 2.19. The van der Waals surface area contributed by atoms with Gasteiger partial charge in [-0.25, -0.2) is 4.39 Å². The van der Waals surface area contributed by atoms with Crippen LogP contribution in [-0.4, -0.2) is 16.1 Å². The second-order valence-corrected chi connectivity index (χ2v) is 7.99. The van der Waals surface area contributed by atoms with Crippen molar-refractivity contribution in [3.8, 4) is 0 Å². The minimum atomic E-state index is -0.352. The zero-order valence-electron chi connectivity index (χ0n) is 14.2. The highest BCUT2D eigenvalue weighted by Crippen LogP contribution is 2.30. The second kappa shape index (κ2) is 7.50. The Balaban J connectivity index is 1.43. The summed E-state index contributed by atoms with van der Waals surface area (Å²) in [5.41, 5.74) is 2.45. The number of anilines is 1. The van der Waals surface area contributed by atoms with Crippen molar-refractivity contribution in [3.63, 3.8) is 0 Å². The zero-order chi connectivity index (χ0) is 18.8. The van der Waals surface area contributed by atoms with Crippen LogP contribution in [0.5, 0.6) is 0 Å². The van der Waals surface area contributed by atoms with Crippen LogP contribution < -0.4 is 5.32 Å². The molecular formula is C19H14FN3O2S2. The summed E-state index contributed by atoms with van der Waals surface area (Å²) in [6.07, 6.45) is 0. The van der Waals surface area contributed by atoms with E-state index in [1.807, 2.05) is 31.2 Å². The fourth-order valence-electron chi connectivity index (χ4n) is 2.59. The molecule has 1 N–H and O–H groups in total. The number of carbonyl (C=O) groups excluding carboxylic acids is 1. The number of nitrogens with one attached hydrogen (secondary N) is 1. The Bertz CT molecular complexity index is 1110. The Morgan fingerprint density at radius 3 is 2.74 bits per heavy atom. The molecule has 0 spiro atoms. The van der Waals surface area contributed by atoms with Crippen LogP contribution in [0.4, 0.5) is 9.52 Å². The van der Waals surface area contributed by atoms with Gasteiger partial charge < -0.3 is 4.42 Å². The van der Waals surface area contributed by atoms with Crippen LogP contribution in [0.15, 0.2) is 57.3 Å². The SMILES string of the molecule is Cc1c(C(=O)Nc2nnc(SCc3ccc(F)cc3)s2)oc2ccccc12. The minimum Gasteiger partial charge on any atom is -0.451 e. The summed E-state index contributed by atoms with van der Waals surface area (Å²) in [6, 6.07) is 13.8. The molecule has 0 fully saturated rings. The molecule has 8 heteroatoms. The van der Waals surface area contributed by atoms with Crippen molar-refractivity contribution < 1.29 is 13.6 Å². The summed E-state index contributed by atoms with van der Waals surface area (Å²) in [5, 5.41) is 12.1. The lowest BCUT2D eigenvalue weighted by atomic mass is 10.1. The molecule has 0 aliphatic rings. The zero-order valence-corrected chi connectivity index (χ0v) is 15.9. The fraction of sp³-hybridized carbons (Fsp3) is 0.105. The van der Waals surface area contributed by atoms with Gasteiger partial charge in [-0.2, -0.15) is 0 Å². The lowest BCUT2D eigenvalue weighted by Gasteiger charge is -1.99. The van der Waals surface area contributed by atoms with Crippen LogP contribution in [-0.2, 0) is 5.75 Å². The number of hydrogen-bond donors (Lipinski definition) is 1. The predicted octanol–water partition coefficient (Wildman–Crippen LogP) is 5.28. The molecule has 2 aromatic heterocycles.